The van der Waals surface area contributed by atoms with E-state index >= 15 is 0 Å². The number of ether oxygens (including phenoxy) is 5. The van der Waals surface area contributed by atoms with Crippen LogP contribution in [-0.2, 0) is 42.9 Å². The second-order valence-corrected chi connectivity index (χ2v) is 9.70. The Morgan fingerprint density at radius 1 is 1.06 bits per heavy atom. The monoisotopic (exact) mass is 438 g/mol. The van der Waals surface area contributed by atoms with Crippen LogP contribution in [0.15, 0.2) is 0 Å². The maximum atomic E-state index is 12.7. The van der Waals surface area contributed by atoms with Gasteiger partial charge in [-0.15, -0.1) is 0 Å². The highest BCUT2D eigenvalue weighted by molar-refractivity contribution is 5.75. The summed E-state index contributed by atoms with van der Waals surface area (Å²) in [5, 5.41) is 0. The first-order valence-electron chi connectivity index (χ1n) is 10.8. The van der Waals surface area contributed by atoms with Gasteiger partial charge < -0.3 is 23.7 Å². The Morgan fingerprint density at radius 2 is 1.68 bits per heavy atom. The number of esters is 4. The van der Waals surface area contributed by atoms with Gasteiger partial charge in [0.05, 0.1) is 13.0 Å². The highest BCUT2D eigenvalue weighted by atomic mass is 16.7. The number of hydrogen-bond acceptors (Lipinski definition) is 9. The number of hydrogen-bond donors (Lipinski definition) is 0. The van der Waals surface area contributed by atoms with Gasteiger partial charge in [0.1, 0.15) is 35.4 Å². The summed E-state index contributed by atoms with van der Waals surface area (Å²) >= 11 is 0. The van der Waals surface area contributed by atoms with Crippen LogP contribution >= 0.6 is 0 Å². The molecular formula is C22H30O9. The second kappa shape index (κ2) is 6.92. The van der Waals surface area contributed by atoms with Crippen LogP contribution in [0, 0.1) is 16.7 Å². The molecule has 0 radical (unpaired) electrons. The average Bonchev–Trinajstić information content (AvgIpc) is 3.38. The number of epoxide rings is 1. The highest BCUT2D eigenvalue weighted by Crippen LogP contribution is 2.74. The first-order valence-corrected chi connectivity index (χ1v) is 10.8. The van der Waals surface area contributed by atoms with Crippen molar-refractivity contribution in [2.45, 2.75) is 83.7 Å². The predicted molar refractivity (Wildman–Crippen MR) is 103 cm³/mol. The Balaban J connectivity index is 1.95. The molecule has 7 atom stereocenters. The minimum atomic E-state index is -1.21. The molecule has 2 heterocycles. The molecule has 0 amide bonds. The average molecular weight is 438 g/mol. The Hall–Kier alpha value is -2.16. The number of rotatable bonds is 4. The minimum Gasteiger partial charge on any atom is -0.465 e. The molecule has 4 fully saturated rings. The SMILES string of the molecule is CC(=O)OC[C@]12[C@@H](OC(C)=O)C[C@H](C)[C@@]3(C)CC(=O)O[C@]13CC[C@H](OC(C)=O)[C@]21CO1. The topological polar surface area (TPSA) is 118 Å². The molecule has 2 spiro atoms. The summed E-state index contributed by atoms with van der Waals surface area (Å²) in [6.45, 7) is 8.01. The van der Waals surface area contributed by atoms with Gasteiger partial charge in [-0.05, 0) is 25.2 Å². The third-order valence-electron chi connectivity index (χ3n) is 8.26. The van der Waals surface area contributed by atoms with Crippen molar-refractivity contribution in [2.24, 2.45) is 16.7 Å². The van der Waals surface area contributed by atoms with Crippen molar-refractivity contribution in [3.05, 3.63) is 0 Å². The van der Waals surface area contributed by atoms with Gasteiger partial charge in [0, 0.05) is 26.2 Å². The Morgan fingerprint density at radius 3 is 2.23 bits per heavy atom. The van der Waals surface area contributed by atoms with E-state index in [1.54, 1.807) is 0 Å². The molecule has 0 aromatic carbocycles. The molecule has 9 heteroatoms. The van der Waals surface area contributed by atoms with E-state index in [2.05, 4.69) is 0 Å². The molecule has 0 aromatic rings. The third kappa shape index (κ3) is 2.78. The van der Waals surface area contributed by atoms with Crippen molar-refractivity contribution < 1.29 is 42.9 Å². The Bertz CT molecular complexity index is 833. The van der Waals surface area contributed by atoms with E-state index in [1.165, 1.54) is 20.8 Å². The summed E-state index contributed by atoms with van der Waals surface area (Å²) in [5.41, 5.74) is -3.99. The largest absolute Gasteiger partial charge is 0.465 e. The molecule has 4 rings (SSSR count). The fraction of sp³-hybridized carbons (Fsp3) is 0.818. The molecule has 4 aliphatic rings. The van der Waals surface area contributed by atoms with Crippen molar-refractivity contribution in [3.8, 4) is 0 Å². The molecular weight excluding hydrogens is 408 g/mol. The van der Waals surface area contributed by atoms with Gasteiger partial charge in [0.2, 0.25) is 0 Å². The van der Waals surface area contributed by atoms with Crippen molar-refractivity contribution >= 4 is 23.9 Å². The maximum absolute atomic E-state index is 12.7. The van der Waals surface area contributed by atoms with Crippen molar-refractivity contribution in [3.63, 3.8) is 0 Å². The van der Waals surface area contributed by atoms with Crippen LogP contribution in [0.5, 0.6) is 0 Å². The van der Waals surface area contributed by atoms with Crippen LogP contribution in [-0.4, -0.2) is 60.5 Å². The molecule has 2 aliphatic heterocycles. The van der Waals surface area contributed by atoms with Crippen molar-refractivity contribution in [1.29, 1.82) is 0 Å². The molecule has 0 unspecified atom stereocenters. The van der Waals surface area contributed by atoms with Crippen molar-refractivity contribution in [2.75, 3.05) is 13.2 Å². The van der Waals surface area contributed by atoms with Crippen molar-refractivity contribution in [1.82, 2.24) is 0 Å². The quantitative estimate of drug-likeness (QED) is 0.367. The number of carbonyl (C=O) groups excluding carboxylic acids is 4. The summed E-state index contributed by atoms with van der Waals surface area (Å²) in [5.74, 6) is -1.83. The van der Waals surface area contributed by atoms with Crippen LogP contribution in [0.4, 0.5) is 0 Å². The van der Waals surface area contributed by atoms with Gasteiger partial charge >= 0.3 is 23.9 Å². The summed E-state index contributed by atoms with van der Waals surface area (Å²) in [6, 6.07) is 0. The zero-order chi connectivity index (χ0) is 22.8. The van der Waals surface area contributed by atoms with Crippen LogP contribution in [0.25, 0.3) is 0 Å². The molecule has 2 aliphatic carbocycles. The van der Waals surface area contributed by atoms with Crippen LogP contribution in [0.2, 0.25) is 0 Å². The van der Waals surface area contributed by atoms with E-state index < -0.39 is 52.1 Å². The van der Waals surface area contributed by atoms with Gasteiger partial charge in [0.15, 0.2) is 0 Å². The van der Waals surface area contributed by atoms with Gasteiger partial charge in [-0.25, -0.2) is 0 Å². The second-order valence-electron chi connectivity index (χ2n) is 9.70. The lowest BCUT2D eigenvalue weighted by atomic mass is 9.40. The molecule has 2 saturated carbocycles. The Kier molecular flexibility index (Phi) is 4.92. The van der Waals surface area contributed by atoms with E-state index in [1.807, 2.05) is 13.8 Å². The number of carbonyl (C=O) groups is 4. The molecule has 9 nitrogen and oxygen atoms in total. The normalized spacial score (nSPS) is 45.2. The summed E-state index contributed by atoms with van der Waals surface area (Å²) in [4.78, 5) is 48.7. The van der Waals surface area contributed by atoms with E-state index in [-0.39, 0.29) is 31.5 Å². The minimum absolute atomic E-state index is 0.0187. The first kappa shape index (κ1) is 22.0. The Labute approximate surface area is 181 Å². The molecule has 31 heavy (non-hydrogen) atoms. The predicted octanol–water partition coefficient (Wildman–Crippen LogP) is 1.69. The van der Waals surface area contributed by atoms with Crippen LogP contribution < -0.4 is 0 Å². The lowest BCUT2D eigenvalue weighted by molar-refractivity contribution is -0.304. The zero-order valence-corrected chi connectivity index (χ0v) is 18.6. The third-order valence-corrected chi connectivity index (χ3v) is 8.26. The van der Waals surface area contributed by atoms with Gasteiger partial charge in [-0.1, -0.05) is 13.8 Å². The smallest absolute Gasteiger partial charge is 0.307 e. The number of fused-ring (bicyclic) bond motifs is 1. The van der Waals surface area contributed by atoms with Crippen LogP contribution in [0.3, 0.4) is 0 Å². The van der Waals surface area contributed by atoms with Crippen LogP contribution in [0.1, 0.15) is 60.3 Å². The lowest BCUT2D eigenvalue weighted by Crippen LogP contribution is -2.78. The fourth-order valence-corrected chi connectivity index (χ4v) is 6.81. The molecule has 0 N–H and O–H groups in total. The zero-order valence-electron chi connectivity index (χ0n) is 18.6. The molecule has 0 aromatic heterocycles. The summed E-state index contributed by atoms with van der Waals surface area (Å²) in [6.07, 6.45) is 0.0521. The first-order chi connectivity index (χ1) is 14.4. The lowest BCUT2D eigenvalue weighted by Gasteiger charge is -2.66. The maximum Gasteiger partial charge on any atom is 0.307 e. The van der Waals surface area contributed by atoms with E-state index in [0.717, 1.165) is 0 Å². The molecule has 172 valence electrons. The highest BCUT2D eigenvalue weighted by Gasteiger charge is 2.87. The van der Waals surface area contributed by atoms with Gasteiger partial charge in [0.25, 0.3) is 0 Å². The van der Waals surface area contributed by atoms with E-state index in [9.17, 15) is 19.2 Å². The standard InChI is InChI=1S/C22H30O9/c1-12-8-17(30-15(4)25)20(10-27-13(2)23)21(11-28-21)16(29-14(3)24)6-7-22(20)19(12,5)9-18(26)31-22/h12,16-17H,6-11H2,1-5H3/t12-,16-,17-,19+,20+,21+,22-/m0/s1. The fourth-order valence-electron chi connectivity index (χ4n) is 6.81. The molecule has 2 saturated heterocycles. The summed E-state index contributed by atoms with van der Waals surface area (Å²) < 4.78 is 29.2. The van der Waals surface area contributed by atoms with E-state index in [4.69, 9.17) is 23.7 Å². The summed E-state index contributed by atoms with van der Waals surface area (Å²) in [7, 11) is 0. The van der Waals surface area contributed by atoms with E-state index in [0.29, 0.717) is 19.3 Å². The van der Waals surface area contributed by atoms with Gasteiger partial charge in [-0.3, -0.25) is 19.2 Å². The van der Waals surface area contributed by atoms with Gasteiger partial charge in [-0.2, -0.15) is 0 Å². The molecule has 0 bridgehead atoms.